The molecule has 1 fully saturated rings. The van der Waals surface area contributed by atoms with Gasteiger partial charge in [-0.1, -0.05) is 19.9 Å². The molecular weight excluding hydrogens is 422 g/mol. The standard InChI is InChI=1S/C20H27N5O5S/c1-14(2)18(20(27)21-17-7-8-24(3)23-17)22-19(26)15-5-4-6-16(13-15)31(28,29)25-9-11-30-12-10-25/h4-8,13-14,18H,9-12H2,1-3H3,(H,22,26)(H,21,23,27)/t18-/m0/s1. The highest BCUT2D eigenvalue weighted by molar-refractivity contribution is 7.89. The van der Waals surface area contributed by atoms with Crippen molar-refractivity contribution in [2.24, 2.45) is 13.0 Å². The van der Waals surface area contributed by atoms with E-state index < -0.39 is 27.9 Å². The van der Waals surface area contributed by atoms with Gasteiger partial charge in [-0.15, -0.1) is 0 Å². The van der Waals surface area contributed by atoms with Gasteiger partial charge in [-0.3, -0.25) is 14.3 Å². The molecule has 0 unspecified atom stereocenters. The zero-order valence-corrected chi connectivity index (χ0v) is 18.6. The number of rotatable bonds is 7. The van der Waals surface area contributed by atoms with E-state index in [-0.39, 0.29) is 29.5 Å². The number of morpholine rings is 1. The fourth-order valence-electron chi connectivity index (χ4n) is 3.18. The van der Waals surface area contributed by atoms with E-state index in [1.807, 2.05) is 13.8 Å². The van der Waals surface area contributed by atoms with Gasteiger partial charge in [0.25, 0.3) is 5.91 Å². The fourth-order valence-corrected chi connectivity index (χ4v) is 4.63. The third kappa shape index (κ3) is 5.49. The van der Waals surface area contributed by atoms with Crippen LogP contribution in [0.5, 0.6) is 0 Å². The molecule has 3 rings (SSSR count). The van der Waals surface area contributed by atoms with Crippen LogP contribution >= 0.6 is 0 Å². The maximum atomic E-state index is 12.9. The van der Waals surface area contributed by atoms with Crippen LogP contribution in [0.3, 0.4) is 0 Å². The smallest absolute Gasteiger partial charge is 0.251 e. The number of hydrogen-bond acceptors (Lipinski definition) is 6. The van der Waals surface area contributed by atoms with Crippen LogP contribution in [0.1, 0.15) is 24.2 Å². The molecule has 0 radical (unpaired) electrons. The second-order valence-corrected chi connectivity index (χ2v) is 9.54. The van der Waals surface area contributed by atoms with Gasteiger partial charge >= 0.3 is 0 Å². The van der Waals surface area contributed by atoms with Crippen LogP contribution in [0.2, 0.25) is 0 Å². The van der Waals surface area contributed by atoms with Crippen molar-refractivity contribution in [3.63, 3.8) is 0 Å². The SMILES string of the molecule is CC(C)[C@H](NC(=O)c1cccc(S(=O)(=O)N2CCOCC2)c1)C(=O)Nc1ccn(C)n1. The molecule has 10 nitrogen and oxygen atoms in total. The Hall–Kier alpha value is -2.76. The normalized spacial score (nSPS) is 16.1. The highest BCUT2D eigenvalue weighted by Gasteiger charge is 2.28. The van der Waals surface area contributed by atoms with Gasteiger partial charge in [0.2, 0.25) is 15.9 Å². The van der Waals surface area contributed by atoms with E-state index in [4.69, 9.17) is 4.74 Å². The summed E-state index contributed by atoms with van der Waals surface area (Å²) in [5, 5.41) is 9.49. The minimum atomic E-state index is -3.73. The topological polar surface area (TPSA) is 123 Å². The van der Waals surface area contributed by atoms with E-state index in [1.165, 1.54) is 28.6 Å². The Balaban J connectivity index is 1.75. The molecule has 11 heteroatoms. The van der Waals surface area contributed by atoms with Crippen LogP contribution < -0.4 is 10.6 Å². The number of ether oxygens (including phenoxy) is 1. The molecule has 1 aliphatic heterocycles. The first-order valence-electron chi connectivity index (χ1n) is 9.98. The first-order chi connectivity index (χ1) is 14.7. The zero-order chi connectivity index (χ0) is 22.6. The lowest BCUT2D eigenvalue weighted by atomic mass is 10.0. The van der Waals surface area contributed by atoms with Crippen molar-refractivity contribution in [3.05, 3.63) is 42.1 Å². The van der Waals surface area contributed by atoms with Crippen molar-refractivity contribution in [2.45, 2.75) is 24.8 Å². The molecule has 1 aliphatic rings. The summed E-state index contributed by atoms with van der Waals surface area (Å²) in [6, 6.07) is 6.64. The van der Waals surface area contributed by atoms with Crippen LogP contribution in [-0.2, 0) is 26.6 Å². The molecule has 168 valence electrons. The average molecular weight is 450 g/mol. The Morgan fingerprint density at radius 3 is 2.48 bits per heavy atom. The zero-order valence-electron chi connectivity index (χ0n) is 17.7. The van der Waals surface area contributed by atoms with Crippen LogP contribution in [0.25, 0.3) is 0 Å². The molecule has 31 heavy (non-hydrogen) atoms. The number of carbonyl (C=O) groups is 2. The Bertz CT molecular complexity index is 1040. The molecule has 0 bridgehead atoms. The maximum Gasteiger partial charge on any atom is 0.251 e. The predicted molar refractivity (Wildman–Crippen MR) is 114 cm³/mol. The van der Waals surface area contributed by atoms with Crippen molar-refractivity contribution in [1.29, 1.82) is 0 Å². The van der Waals surface area contributed by atoms with Crippen molar-refractivity contribution >= 4 is 27.7 Å². The molecule has 1 aromatic heterocycles. The monoisotopic (exact) mass is 449 g/mol. The van der Waals surface area contributed by atoms with Crippen LogP contribution in [-0.4, -0.2) is 66.7 Å². The quantitative estimate of drug-likeness (QED) is 0.646. The van der Waals surface area contributed by atoms with E-state index in [0.717, 1.165) is 0 Å². The van der Waals surface area contributed by atoms with Gasteiger partial charge in [0.15, 0.2) is 5.82 Å². The van der Waals surface area contributed by atoms with E-state index in [0.29, 0.717) is 19.0 Å². The second kappa shape index (κ2) is 9.58. The number of aromatic nitrogens is 2. The number of anilines is 1. The molecule has 2 amide bonds. The minimum absolute atomic E-state index is 0.0288. The van der Waals surface area contributed by atoms with Gasteiger partial charge in [0, 0.05) is 38.0 Å². The Kier molecular flexibility index (Phi) is 7.08. The summed E-state index contributed by atoms with van der Waals surface area (Å²) < 4.78 is 33.8. The fraction of sp³-hybridized carbons (Fsp3) is 0.450. The lowest BCUT2D eigenvalue weighted by Gasteiger charge is -2.26. The number of nitrogens with zero attached hydrogens (tertiary/aromatic N) is 3. The minimum Gasteiger partial charge on any atom is -0.379 e. The molecule has 1 saturated heterocycles. The van der Waals surface area contributed by atoms with Crippen LogP contribution in [0.15, 0.2) is 41.4 Å². The molecule has 1 aromatic carbocycles. The van der Waals surface area contributed by atoms with Gasteiger partial charge in [-0.2, -0.15) is 9.40 Å². The van der Waals surface area contributed by atoms with E-state index >= 15 is 0 Å². The number of benzene rings is 1. The van der Waals surface area contributed by atoms with Crippen molar-refractivity contribution in [1.82, 2.24) is 19.4 Å². The lowest BCUT2D eigenvalue weighted by Crippen LogP contribution is -2.47. The van der Waals surface area contributed by atoms with E-state index in [1.54, 1.807) is 24.0 Å². The highest BCUT2D eigenvalue weighted by atomic mass is 32.2. The van der Waals surface area contributed by atoms with Gasteiger partial charge in [-0.25, -0.2) is 8.42 Å². The molecule has 0 spiro atoms. The molecule has 2 aromatic rings. The number of hydrogen-bond donors (Lipinski definition) is 2. The maximum absolute atomic E-state index is 12.9. The van der Waals surface area contributed by atoms with E-state index in [9.17, 15) is 18.0 Å². The summed E-state index contributed by atoms with van der Waals surface area (Å²) in [7, 11) is -2.00. The van der Waals surface area contributed by atoms with Crippen molar-refractivity contribution in [2.75, 3.05) is 31.6 Å². The predicted octanol–water partition coefficient (Wildman–Crippen LogP) is 0.834. The summed E-state index contributed by atoms with van der Waals surface area (Å²) in [6.07, 6.45) is 1.69. The van der Waals surface area contributed by atoms with Gasteiger partial charge in [0.1, 0.15) is 6.04 Å². The Labute approximate surface area is 181 Å². The number of amides is 2. The first-order valence-corrected chi connectivity index (χ1v) is 11.4. The van der Waals surface area contributed by atoms with Gasteiger partial charge in [0.05, 0.1) is 18.1 Å². The summed E-state index contributed by atoms with van der Waals surface area (Å²) >= 11 is 0. The third-order valence-corrected chi connectivity index (χ3v) is 6.80. The van der Waals surface area contributed by atoms with Crippen molar-refractivity contribution < 1.29 is 22.7 Å². The van der Waals surface area contributed by atoms with Gasteiger partial charge < -0.3 is 15.4 Å². The summed E-state index contributed by atoms with van der Waals surface area (Å²) in [5.74, 6) is -0.757. The van der Waals surface area contributed by atoms with E-state index in [2.05, 4.69) is 15.7 Å². The molecule has 2 N–H and O–H groups in total. The lowest BCUT2D eigenvalue weighted by molar-refractivity contribution is -0.118. The molecule has 0 aliphatic carbocycles. The number of sulfonamides is 1. The average Bonchev–Trinajstić information content (AvgIpc) is 3.16. The molecule has 0 saturated carbocycles. The number of carbonyl (C=O) groups excluding carboxylic acids is 2. The highest BCUT2D eigenvalue weighted by Crippen LogP contribution is 2.19. The number of aryl methyl sites for hydroxylation is 1. The molecule has 1 atom stereocenters. The molecular formula is C20H27N5O5S. The van der Waals surface area contributed by atoms with Crippen LogP contribution in [0.4, 0.5) is 5.82 Å². The Morgan fingerprint density at radius 1 is 1.16 bits per heavy atom. The summed E-state index contributed by atoms with van der Waals surface area (Å²) in [6.45, 7) is 4.82. The Morgan fingerprint density at radius 2 is 1.87 bits per heavy atom. The van der Waals surface area contributed by atoms with Gasteiger partial charge in [-0.05, 0) is 24.1 Å². The van der Waals surface area contributed by atoms with Crippen molar-refractivity contribution in [3.8, 4) is 0 Å². The number of nitrogens with one attached hydrogen (secondary N) is 2. The largest absolute Gasteiger partial charge is 0.379 e. The molecule has 2 heterocycles. The summed E-state index contributed by atoms with van der Waals surface area (Å²) in [5.41, 5.74) is 0.158. The second-order valence-electron chi connectivity index (χ2n) is 7.60. The van der Waals surface area contributed by atoms with Crippen LogP contribution in [0, 0.1) is 5.92 Å². The third-order valence-electron chi connectivity index (χ3n) is 4.90. The first kappa shape index (κ1) is 22.9. The summed E-state index contributed by atoms with van der Waals surface area (Å²) in [4.78, 5) is 25.5.